The summed E-state index contributed by atoms with van der Waals surface area (Å²) >= 11 is 0. The molecule has 6 atom stereocenters. The summed E-state index contributed by atoms with van der Waals surface area (Å²) in [5, 5.41) is 28.8. The van der Waals surface area contributed by atoms with E-state index in [-0.39, 0.29) is 30.1 Å². The molecule has 7 N–H and O–H groups in total. The van der Waals surface area contributed by atoms with Crippen molar-refractivity contribution in [2.75, 3.05) is 18.9 Å². The Morgan fingerprint density at radius 3 is 2.65 bits per heavy atom. The summed E-state index contributed by atoms with van der Waals surface area (Å²) in [6.07, 6.45) is 0.942. The first-order chi connectivity index (χ1) is 20.5. The topological polar surface area (TPSA) is 206 Å². The molecule has 3 aromatic rings. The highest BCUT2D eigenvalue weighted by Crippen LogP contribution is 2.48. The number of aliphatic hydroxyl groups excluding tert-OH is 2. The molecule has 14 nitrogen and oxygen atoms in total. The van der Waals surface area contributed by atoms with Crippen molar-refractivity contribution < 1.29 is 38.1 Å². The Kier molecular flexibility index (Phi) is 9.37. The Bertz CT molecular complexity index is 1450. The van der Waals surface area contributed by atoms with Gasteiger partial charge in [0, 0.05) is 6.04 Å². The number of benzene rings is 1. The lowest BCUT2D eigenvalue weighted by atomic mass is 9.87. The number of nitrogens with one attached hydrogen (secondary N) is 1. The van der Waals surface area contributed by atoms with E-state index in [9.17, 15) is 19.6 Å². The van der Waals surface area contributed by atoms with Crippen LogP contribution in [0.15, 0.2) is 48.8 Å². The first kappa shape index (κ1) is 31.3. The zero-order valence-corrected chi connectivity index (χ0v) is 25.0. The minimum atomic E-state index is -4.26. The molecule has 1 aromatic carbocycles. The van der Waals surface area contributed by atoms with Crippen molar-refractivity contribution in [1.29, 1.82) is 0 Å². The van der Waals surface area contributed by atoms with Crippen LogP contribution < -0.4 is 21.1 Å². The molecule has 234 valence electrons. The fourth-order valence-corrected chi connectivity index (χ4v) is 6.98. The predicted octanol–water partition coefficient (Wildman–Crippen LogP) is 2.11. The van der Waals surface area contributed by atoms with Crippen LogP contribution in [0.3, 0.4) is 0 Å². The zero-order valence-electron chi connectivity index (χ0n) is 24.1. The van der Waals surface area contributed by atoms with Crippen molar-refractivity contribution in [3.8, 4) is 5.75 Å². The maximum Gasteiger partial charge on any atom is 0.459 e. The van der Waals surface area contributed by atoms with Crippen molar-refractivity contribution in [3.63, 3.8) is 0 Å². The Morgan fingerprint density at radius 1 is 1.21 bits per heavy atom. The van der Waals surface area contributed by atoms with Gasteiger partial charge >= 0.3 is 13.7 Å². The summed E-state index contributed by atoms with van der Waals surface area (Å²) in [4.78, 5) is 16.8. The molecule has 0 bridgehead atoms. The number of aromatic nitrogens is 3. The summed E-state index contributed by atoms with van der Waals surface area (Å²) in [6, 6.07) is 10.8. The largest absolute Gasteiger partial charge is 0.464 e. The molecule has 0 amide bonds. The summed E-state index contributed by atoms with van der Waals surface area (Å²) in [7, 11) is -4.26. The summed E-state index contributed by atoms with van der Waals surface area (Å²) in [5.74, 6) is 0.0717. The SMILES string of the molecule is C[C@H](NP(=O)(OC[C@@]1(C)O[C@@H](c2ccc3c(N)ncnn23)[C@H](O)[C@@H]1O)Oc1ccccc1)C(=O)OCC1CCC(N)CC1. The Balaban J connectivity index is 1.28. The first-order valence-corrected chi connectivity index (χ1v) is 15.8. The summed E-state index contributed by atoms with van der Waals surface area (Å²) < 4.78 is 38.7. The van der Waals surface area contributed by atoms with Gasteiger partial charge in [-0.05, 0) is 69.7 Å². The molecule has 1 saturated carbocycles. The first-order valence-electron chi connectivity index (χ1n) is 14.3. The summed E-state index contributed by atoms with van der Waals surface area (Å²) in [5.41, 5.74) is 11.3. The van der Waals surface area contributed by atoms with Crippen molar-refractivity contribution in [3.05, 3.63) is 54.5 Å². The molecule has 2 fully saturated rings. The van der Waals surface area contributed by atoms with E-state index < -0.39 is 50.3 Å². The molecule has 2 aliphatic rings. The van der Waals surface area contributed by atoms with Gasteiger partial charge in [0.05, 0.1) is 18.9 Å². The average Bonchev–Trinajstić information content (AvgIpc) is 3.52. The number of ether oxygens (including phenoxy) is 2. The standard InChI is InChI=1S/C28H39N6O8P/c1-17(27(37)39-14-18-8-10-19(29)11-9-18)33-43(38,42-20-6-4-3-5-7-20)40-15-28(2)25(36)23(35)24(41-28)21-12-13-22-26(30)31-16-32-34(21)22/h3-7,12-13,16-19,23-25,35-36H,8-11,14-15,29H2,1-2H3,(H,33,38)(H2,30,31,32)/t17-,18?,19?,23-,24-,25-,28+,43?/m0/s1. The molecule has 43 heavy (non-hydrogen) atoms. The highest BCUT2D eigenvalue weighted by atomic mass is 31.2. The molecular formula is C28H39N6O8P. The highest BCUT2D eigenvalue weighted by Gasteiger charge is 2.54. The second kappa shape index (κ2) is 12.9. The van der Waals surface area contributed by atoms with E-state index in [1.54, 1.807) is 42.5 Å². The third kappa shape index (κ3) is 7.01. The molecule has 0 radical (unpaired) electrons. The Labute approximate surface area is 249 Å². The maximum atomic E-state index is 14.0. The van der Waals surface area contributed by atoms with Gasteiger partial charge in [0.25, 0.3) is 0 Å². The van der Waals surface area contributed by atoms with Crippen LogP contribution >= 0.6 is 7.75 Å². The molecule has 5 rings (SSSR count). The van der Waals surface area contributed by atoms with E-state index in [1.165, 1.54) is 24.7 Å². The van der Waals surface area contributed by atoms with E-state index in [0.29, 0.717) is 11.2 Å². The van der Waals surface area contributed by atoms with Crippen LogP contribution in [-0.4, -0.2) is 73.9 Å². The van der Waals surface area contributed by atoms with Crippen LogP contribution in [0.2, 0.25) is 0 Å². The number of esters is 1. The van der Waals surface area contributed by atoms with Crippen LogP contribution in [0.1, 0.15) is 51.3 Å². The quantitative estimate of drug-likeness (QED) is 0.154. The van der Waals surface area contributed by atoms with E-state index in [2.05, 4.69) is 15.2 Å². The average molecular weight is 619 g/mol. The molecular weight excluding hydrogens is 579 g/mol. The molecule has 0 spiro atoms. The van der Waals surface area contributed by atoms with Gasteiger partial charge in [0.1, 0.15) is 47.5 Å². The molecule has 3 heterocycles. The second-order valence-electron chi connectivity index (χ2n) is 11.4. The van der Waals surface area contributed by atoms with Gasteiger partial charge < -0.3 is 35.7 Å². The number of anilines is 1. The number of nitrogens with zero attached hydrogens (tertiary/aromatic N) is 3. The lowest BCUT2D eigenvalue weighted by molar-refractivity contribution is -0.147. The second-order valence-corrected chi connectivity index (χ2v) is 13.1. The third-order valence-corrected chi connectivity index (χ3v) is 9.63. The Hall–Kier alpha value is -3.10. The van der Waals surface area contributed by atoms with Gasteiger partial charge in [-0.25, -0.2) is 14.1 Å². The number of rotatable bonds is 11. The van der Waals surface area contributed by atoms with Gasteiger partial charge in [-0.3, -0.25) is 9.32 Å². The smallest absolute Gasteiger partial charge is 0.459 e. The van der Waals surface area contributed by atoms with Crippen LogP contribution in [0.5, 0.6) is 5.75 Å². The molecule has 1 unspecified atom stereocenters. The van der Waals surface area contributed by atoms with Crippen molar-refractivity contribution in [2.45, 2.75) is 75.5 Å². The fraction of sp³-hybridized carbons (Fsp3) is 0.536. The number of carbonyl (C=O) groups is 1. The van der Waals surface area contributed by atoms with E-state index in [4.69, 9.17) is 30.0 Å². The number of carbonyl (C=O) groups excluding carboxylic acids is 1. The normalized spacial score (nSPS) is 29.7. The van der Waals surface area contributed by atoms with Gasteiger partial charge in [0.2, 0.25) is 0 Å². The van der Waals surface area contributed by atoms with Gasteiger partial charge in [0.15, 0.2) is 5.82 Å². The van der Waals surface area contributed by atoms with Gasteiger partial charge in [-0.15, -0.1) is 0 Å². The lowest BCUT2D eigenvalue weighted by Gasteiger charge is -2.30. The minimum Gasteiger partial charge on any atom is -0.464 e. The highest BCUT2D eigenvalue weighted by molar-refractivity contribution is 7.52. The van der Waals surface area contributed by atoms with Gasteiger partial charge in [-0.1, -0.05) is 18.2 Å². The molecule has 2 aromatic heterocycles. The monoisotopic (exact) mass is 618 g/mol. The molecule has 1 aliphatic carbocycles. The third-order valence-electron chi connectivity index (χ3n) is 8.01. The predicted molar refractivity (Wildman–Crippen MR) is 156 cm³/mol. The van der Waals surface area contributed by atoms with E-state index in [1.807, 2.05) is 0 Å². The van der Waals surface area contributed by atoms with Gasteiger partial charge in [-0.2, -0.15) is 10.2 Å². The minimum absolute atomic E-state index is 0.182. The van der Waals surface area contributed by atoms with Crippen molar-refractivity contribution in [2.24, 2.45) is 11.7 Å². The number of nitrogens with two attached hydrogens (primary N) is 2. The fourth-order valence-electron chi connectivity index (χ4n) is 5.39. The molecule has 1 saturated heterocycles. The number of nitrogen functional groups attached to an aromatic ring is 1. The van der Waals surface area contributed by atoms with Crippen LogP contribution in [-0.2, 0) is 23.4 Å². The maximum absolute atomic E-state index is 14.0. The lowest BCUT2D eigenvalue weighted by Crippen LogP contribution is -2.45. The molecule has 15 heteroatoms. The van der Waals surface area contributed by atoms with E-state index in [0.717, 1.165) is 25.7 Å². The molecule has 1 aliphatic heterocycles. The number of para-hydroxylation sites is 1. The van der Waals surface area contributed by atoms with Crippen molar-refractivity contribution >= 4 is 25.1 Å². The van der Waals surface area contributed by atoms with Crippen LogP contribution in [0.4, 0.5) is 5.82 Å². The Morgan fingerprint density at radius 2 is 1.93 bits per heavy atom. The number of aliphatic hydroxyl groups is 2. The summed E-state index contributed by atoms with van der Waals surface area (Å²) in [6.45, 7) is 2.78. The number of hydrogen-bond donors (Lipinski definition) is 5. The van der Waals surface area contributed by atoms with Crippen LogP contribution in [0.25, 0.3) is 5.52 Å². The number of fused-ring (bicyclic) bond motifs is 1. The van der Waals surface area contributed by atoms with Crippen molar-refractivity contribution in [1.82, 2.24) is 19.7 Å². The zero-order chi connectivity index (χ0) is 30.8. The van der Waals surface area contributed by atoms with Crippen LogP contribution in [0, 0.1) is 5.92 Å². The van der Waals surface area contributed by atoms with E-state index >= 15 is 0 Å². The number of hydrogen-bond acceptors (Lipinski definition) is 12.